The van der Waals surface area contributed by atoms with Gasteiger partial charge in [-0.15, -0.1) is 0 Å². The Kier molecular flexibility index (Phi) is 2.69. The first-order chi connectivity index (χ1) is 5.52. The van der Waals surface area contributed by atoms with Crippen molar-refractivity contribution in [2.24, 2.45) is 5.73 Å². The molecule has 3 atom stereocenters. The number of aliphatic carboxylic acids is 1. The summed E-state index contributed by atoms with van der Waals surface area (Å²) in [5, 5.41) is 8.85. The largest absolute Gasteiger partial charge is 0.480 e. The van der Waals surface area contributed by atoms with Crippen LogP contribution in [-0.2, 0) is 4.79 Å². The molecule has 0 saturated carbocycles. The van der Waals surface area contributed by atoms with E-state index in [1.165, 1.54) is 0 Å². The summed E-state index contributed by atoms with van der Waals surface area (Å²) in [6, 6.07) is -0.0871. The number of carbonyl (C=O) groups is 1. The van der Waals surface area contributed by atoms with E-state index in [9.17, 15) is 4.79 Å². The Labute approximate surface area is 72.3 Å². The maximum Gasteiger partial charge on any atom is 0.320 e. The molecule has 0 radical (unpaired) electrons. The number of carboxylic acids is 1. The van der Waals surface area contributed by atoms with E-state index in [-0.39, 0.29) is 12.1 Å². The third kappa shape index (κ3) is 1.76. The van der Waals surface area contributed by atoms with Crippen molar-refractivity contribution in [3.8, 4) is 0 Å². The van der Waals surface area contributed by atoms with E-state index in [4.69, 9.17) is 10.8 Å². The van der Waals surface area contributed by atoms with Gasteiger partial charge in [-0.3, -0.25) is 9.69 Å². The van der Waals surface area contributed by atoms with E-state index in [0.29, 0.717) is 6.42 Å². The number of likely N-dealkylation sites (N-methyl/N-ethyl adjacent to an activating group) is 1. The van der Waals surface area contributed by atoms with Gasteiger partial charge in [0.15, 0.2) is 0 Å². The third-order valence-corrected chi connectivity index (χ3v) is 2.64. The smallest absolute Gasteiger partial charge is 0.320 e. The molecule has 1 saturated heterocycles. The Morgan fingerprint density at radius 1 is 1.58 bits per heavy atom. The quantitative estimate of drug-likeness (QED) is 0.578. The van der Waals surface area contributed by atoms with Crippen molar-refractivity contribution in [1.82, 2.24) is 4.90 Å². The molecule has 0 aromatic carbocycles. The van der Waals surface area contributed by atoms with Crippen molar-refractivity contribution in [3.63, 3.8) is 0 Å². The molecule has 1 rings (SSSR count). The van der Waals surface area contributed by atoms with Crippen LogP contribution in [0.2, 0.25) is 0 Å². The van der Waals surface area contributed by atoms with E-state index in [2.05, 4.69) is 0 Å². The number of carboxylic acid groups (broad SMARTS) is 1. The van der Waals surface area contributed by atoms with Crippen molar-refractivity contribution in [2.75, 3.05) is 7.05 Å². The van der Waals surface area contributed by atoms with Crippen LogP contribution in [0.5, 0.6) is 0 Å². The summed E-state index contributed by atoms with van der Waals surface area (Å²) >= 11 is 0. The van der Waals surface area contributed by atoms with Gasteiger partial charge in [0.25, 0.3) is 0 Å². The Bertz CT molecular complexity index is 184. The van der Waals surface area contributed by atoms with Crippen LogP contribution in [0.15, 0.2) is 0 Å². The molecule has 70 valence electrons. The van der Waals surface area contributed by atoms with Crippen molar-refractivity contribution >= 4 is 5.97 Å². The lowest BCUT2D eigenvalue weighted by Gasteiger charge is -2.38. The number of likely N-dealkylation sites (tertiary alicyclic amines) is 1. The Morgan fingerprint density at radius 2 is 2.17 bits per heavy atom. The highest BCUT2D eigenvalue weighted by atomic mass is 16.4. The first-order valence-corrected chi connectivity index (χ1v) is 4.22. The van der Waals surface area contributed by atoms with Crippen LogP contribution in [0, 0.1) is 0 Å². The van der Waals surface area contributed by atoms with Crippen LogP contribution in [0.1, 0.15) is 19.8 Å². The Balaban J connectivity index is 2.66. The van der Waals surface area contributed by atoms with Gasteiger partial charge in [-0.2, -0.15) is 0 Å². The summed E-state index contributed by atoms with van der Waals surface area (Å²) in [5.74, 6) is -0.764. The third-order valence-electron chi connectivity index (χ3n) is 2.64. The molecule has 0 aromatic heterocycles. The molecule has 0 amide bonds. The number of rotatable bonds is 1. The van der Waals surface area contributed by atoms with Gasteiger partial charge in [-0.25, -0.2) is 0 Å². The molecule has 1 fully saturated rings. The number of nitrogens with two attached hydrogens (primary N) is 1. The molecular formula is C8H16N2O2. The Morgan fingerprint density at radius 3 is 2.67 bits per heavy atom. The molecule has 0 aliphatic carbocycles. The number of hydrogen-bond acceptors (Lipinski definition) is 3. The van der Waals surface area contributed by atoms with E-state index in [1.54, 1.807) is 0 Å². The summed E-state index contributed by atoms with van der Waals surface area (Å²) in [6.45, 7) is 2.01. The van der Waals surface area contributed by atoms with E-state index in [0.717, 1.165) is 6.42 Å². The van der Waals surface area contributed by atoms with E-state index < -0.39 is 12.0 Å². The van der Waals surface area contributed by atoms with Crippen LogP contribution in [0.4, 0.5) is 0 Å². The molecule has 4 nitrogen and oxygen atoms in total. The maximum absolute atomic E-state index is 10.8. The summed E-state index contributed by atoms with van der Waals surface area (Å²) in [5.41, 5.74) is 5.73. The fourth-order valence-electron chi connectivity index (χ4n) is 1.74. The van der Waals surface area contributed by atoms with Gasteiger partial charge in [0.1, 0.15) is 6.04 Å². The highest BCUT2D eigenvalue weighted by Crippen LogP contribution is 2.20. The summed E-state index contributed by atoms with van der Waals surface area (Å²) < 4.78 is 0. The van der Waals surface area contributed by atoms with Gasteiger partial charge in [-0.1, -0.05) is 0 Å². The van der Waals surface area contributed by atoms with Crippen LogP contribution >= 0.6 is 0 Å². The second kappa shape index (κ2) is 3.41. The number of nitrogens with zero attached hydrogens (tertiary/aromatic N) is 1. The van der Waals surface area contributed by atoms with E-state index >= 15 is 0 Å². The zero-order valence-corrected chi connectivity index (χ0v) is 7.53. The van der Waals surface area contributed by atoms with Gasteiger partial charge in [0.2, 0.25) is 0 Å². The van der Waals surface area contributed by atoms with Crippen molar-refractivity contribution in [3.05, 3.63) is 0 Å². The summed E-state index contributed by atoms with van der Waals surface area (Å²) in [4.78, 5) is 12.6. The van der Waals surface area contributed by atoms with Crippen molar-refractivity contribution in [2.45, 2.75) is 37.9 Å². The molecule has 0 aromatic rings. The fraction of sp³-hybridized carbons (Fsp3) is 0.875. The fourth-order valence-corrected chi connectivity index (χ4v) is 1.74. The van der Waals surface area contributed by atoms with Crippen LogP contribution in [0.3, 0.4) is 0 Å². The zero-order valence-electron chi connectivity index (χ0n) is 7.53. The average Bonchev–Trinajstić information content (AvgIpc) is 1.96. The molecule has 0 spiro atoms. The van der Waals surface area contributed by atoms with Gasteiger partial charge in [0, 0.05) is 12.1 Å². The summed E-state index contributed by atoms with van der Waals surface area (Å²) in [7, 11) is 1.84. The van der Waals surface area contributed by atoms with Gasteiger partial charge in [0.05, 0.1) is 0 Å². The molecule has 12 heavy (non-hydrogen) atoms. The molecule has 4 heteroatoms. The normalized spacial score (nSPS) is 38.1. The highest BCUT2D eigenvalue weighted by Gasteiger charge is 2.33. The molecule has 1 aliphatic rings. The molecular weight excluding hydrogens is 156 g/mol. The van der Waals surface area contributed by atoms with Crippen LogP contribution in [0.25, 0.3) is 0 Å². The molecule has 3 N–H and O–H groups in total. The highest BCUT2D eigenvalue weighted by molar-refractivity contribution is 5.73. The topological polar surface area (TPSA) is 66.6 Å². The van der Waals surface area contributed by atoms with Crippen molar-refractivity contribution < 1.29 is 9.90 Å². The predicted molar refractivity (Wildman–Crippen MR) is 45.9 cm³/mol. The minimum Gasteiger partial charge on any atom is -0.480 e. The Hall–Kier alpha value is -0.610. The number of hydrogen-bond donors (Lipinski definition) is 2. The minimum atomic E-state index is -0.764. The first kappa shape index (κ1) is 9.48. The maximum atomic E-state index is 10.8. The lowest BCUT2D eigenvalue weighted by atomic mass is 9.93. The second-order valence-electron chi connectivity index (χ2n) is 3.60. The molecule has 1 aliphatic heterocycles. The lowest BCUT2D eigenvalue weighted by molar-refractivity contribution is -0.145. The van der Waals surface area contributed by atoms with E-state index in [1.807, 2.05) is 18.9 Å². The lowest BCUT2D eigenvalue weighted by Crippen LogP contribution is -2.53. The predicted octanol–water partition coefficient (Wildman–Crippen LogP) is -0.119. The molecule has 0 bridgehead atoms. The average molecular weight is 172 g/mol. The second-order valence-corrected chi connectivity index (χ2v) is 3.60. The molecule has 1 heterocycles. The van der Waals surface area contributed by atoms with Crippen molar-refractivity contribution in [1.29, 1.82) is 0 Å². The van der Waals surface area contributed by atoms with Gasteiger partial charge < -0.3 is 10.8 Å². The van der Waals surface area contributed by atoms with Gasteiger partial charge >= 0.3 is 5.97 Å². The standard InChI is InChI=1S/C8H16N2O2/c1-5-3-6(9)4-7(8(11)12)10(5)2/h5-7H,3-4,9H2,1-2H3,(H,11,12)/t5?,6?,7-/m0/s1. The monoisotopic (exact) mass is 172 g/mol. The number of piperidine rings is 1. The van der Waals surface area contributed by atoms with Crippen LogP contribution in [-0.4, -0.2) is 41.1 Å². The van der Waals surface area contributed by atoms with Gasteiger partial charge in [-0.05, 0) is 26.8 Å². The zero-order chi connectivity index (χ0) is 9.30. The molecule has 2 unspecified atom stereocenters. The first-order valence-electron chi connectivity index (χ1n) is 4.22. The SMILES string of the molecule is CC1CC(N)C[C@@H](C(=O)O)N1C. The minimum absolute atomic E-state index is 0.0392. The van der Waals surface area contributed by atoms with Crippen LogP contribution < -0.4 is 5.73 Å². The summed E-state index contributed by atoms with van der Waals surface area (Å²) in [6.07, 6.45) is 1.45.